The molecule has 0 saturated heterocycles. The Labute approximate surface area is 77.2 Å². The number of carbonyl (C=O) groups excluding carboxylic acids is 1. The van der Waals surface area contributed by atoms with Crippen LogP contribution in [-0.4, -0.2) is 23.5 Å². The molecule has 68 valence electrons. The Bertz CT molecular complexity index is 310. The number of hydrogen-bond acceptors (Lipinski definition) is 3. The third-order valence-corrected chi connectivity index (χ3v) is 1.98. The van der Waals surface area contributed by atoms with Crippen molar-refractivity contribution in [3.63, 3.8) is 0 Å². The van der Waals surface area contributed by atoms with Crippen LogP contribution in [0.25, 0.3) is 0 Å². The maximum atomic E-state index is 10.6. The zero-order chi connectivity index (χ0) is 9.84. The van der Waals surface area contributed by atoms with Gasteiger partial charge in [0.2, 0.25) is 0 Å². The highest BCUT2D eigenvalue weighted by Crippen LogP contribution is 2.05. The van der Waals surface area contributed by atoms with Crippen molar-refractivity contribution in [1.29, 1.82) is 0 Å². The summed E-state index contributed by atoms with van der Waals surface area (Å²) in [6, 6.07) is 4.84. The van der Waals surface area contributed by atoms with Crippen molar-refractivity contribution in [2.45, 2.75) is 13.3 Å². The largest absolute Gasteiger partial charge is 0.488 e. The molecule has 0 aliphatic carbocycles. The van der Waals surface area contributed by atoms with Crippen LogP contribution >= 0.6 is 0 Å². The van der Waals surface area contributed by atoms with Gasteiger partial charge in [0.15, 0.2) is 0 Å². The van der Waals surface area contributed by atoms with Crippen molar-refractivity contribution in [2.75, 3.05) is 0 Å². The van der Waals surface area contributed by atoms with Gasteiger partial charge in [-0.05, 0) is 17.4 Å². The van der Waals surface area contributed by atoms with E-state index in [4.69, 9.17) is 10.0 Å². The Kier molecular flexibility index (Phi) is 3.22. The SMILES string of the molecule is CCc1ccc(B(O)O)cc1C=O. The van der Waals surface area contributed by atoms with Crippen LogP contribution in [0.5, 0.6) is 0 Å². The van der Waals surface area contributed by atoms with Crippen molar-refractivity contribution >= 4 is 18.9 Å². The van der Waals surface area contributed by atoms with E-state index >= 15 is 0 Å². The highest BCUT2D eigenvalue weighted by atomic mass is 16.4. The Morgan fingerprint density at radius 1 is 1.46 bits per heavy atom. The number of aryl methyl sites for hydroxylation is 1. The monoisotopic (exact) mass is 178 g/mol. The predicted molar refractivity (Wildman–Crippen MR) is 51.0 cm³/mol. The maximum Gasteiger partial charge on any atom is 0.488 e. The van der Waals surface area contributed by atoms with E-state index < -0.39 is 7.12 Å². The van der Waals surface area contributed by atoms with Crippen LogP contribution in [0, 0.1) is 0 Å². The van der Waals surface area contributed by atoms with Crippen LogP contribution in [-0.2, 0) is 6.42 Å². The summed E-state index contributed by atoms with van der Waals surface area (Å²) in [6.07, 6.45) is 1.49. The molecule has 3 nitrogen and oxygen atoms in total. The minimum Gasteiger partial charge on any atom is -0.423 e. The molecular weight excluding hydrogens is 167 g/mol. The minimum absolute atomic E-state index is 0.347. The Morgan fingerprint density at radius 2 is 2.15 bits per heavy atom. The van der Waals surface area contributed by atoms with E-state index in [0.717, 1.165) is 18.3 Å². The fourth-order valence-electron chi connectivity index (χ4n) is 1.21. The number of hydrogen-bond donors (Lipinski definition) is 2. The van der Waals surface area contributed by atoms with E-state index in [1.807, 2.05) is 6.92 Å². The van der Waals surface area contributed by atoms with Gasteiger partial charge in [-0.1, -0.05) is 25.1 Å². The summed E-state index contributed by atoms with van der Waals surface area (Å²) in [4.78, 5) is 10.6. The molecule has 0 spiro atoms. The smallest absolute Gasteiger partial charge is 0.423 e. The lowest BCUT2D eigenvalue weighted by Gasteiger charge is -2.04. The first-order valence-electron chi connectivity index (χ1n) is 4.13. The summed E-state index contributed by atoms with van der Waals surface area (Å²) >= 11 is 0. The standard InChI is InChI=1S/C9H11BO3/c1-2-7-3-4-9(10(12)13)5-8(7)6-11/h3-6,12-13H,2H2,1H3. The van der Waals surface area contributed by atoms with Gasteiger partial charge in [-0.2, -0.15) is 0 Å². The molecule has 0 atom stereocenters. The number of aldehydes is 1. The second-order valence-corrected chi connectivity index (χ2v) is 2.80. The van der Waals surface area contributed by atoms with E-state index in [-0.39, 0.29) is 0 Å². The normalized spacial score (nSPS) is 9.77. The highest BCUT2D eigenvalue weighted by Gasteiger charge is 2.12. The van der Waals surface area contributed by atoms with Gasteiger partial charge in [-0.3, -0.25) is 4.79 Å². The van der Waals surface area contributed by atoms with Gasteiger partial charge in [0.1, 0.15) is 6.29 Å². The molecule has 0 unspecified atom stereocenters. The van der Waals surface area contributed by atoms with E-state index in [0.29, 0.717) is 11.0 Å². The summed E-state index contributed by atoms with van der Waals surface area (Å²) < 4.78 is 0. The van der Waals surface area contributed by atoms with Crippen molar-refractivity contribution in [3.8, 4) is 0 Å². The van der Waals surface area contributed by atoms with Gasteiger partial charge in [0.25, 0.3) is 0 Å². The van der Waals surface area contributed by atoms with Gasteiger partial charge in [0.05, 0.1) is 0 Å². The molecule has 4 heteroatoms. The molecule has 0 radical (unpaired) electrons. The third-order valence-electron chi connectivity index (χ3n) is 1.98. The van der Waals surface area contributed by atoms with Crippen molar-refractivity contribution in [1.82, 2.24) is 0 Å². The fraction of sp³-hybridized carbons (Fsp3) is 0.222. The average molecular weight is 178 g/mol. The van der Waals surface area contributed by atoms with Crippen LogP contribution in [0.15, 0.2) is 18.2 Å². The summed E-state index contributed by atoms with van der Waals surface area (Å²) in [7, 11) is -1.51. The van der Waals surface area contributed by atoms with E-state index in [9.17, 15) is 4.79 Å². The Morgan fingerprint density at radius 3 is 2.62 bits per heavy atom. The first kappa shape index (κ1) is 9.96. The van der Waals surface area contributed by atoms with E-state index in [1.165, 1.54) is 6.07 Å². The fourth-order valence-corrected chi connectivity index (χ4v) is 1.21. The third kappa shape index (κ3) is 2.17. The predicted octanol–water partition coefficient (Wildman–Crippen LogP) is -0.259. The molecule has 1 aromatic carbocycles. The highest BCUT2D eigenvalue weighted by molar-refractivity contribution is 6.58. The molecule has 1 rings (SSSR count). The van der Waals surface area contributed by atoms with Crippen molar-refractivity contribution in [2.24, 2.45) is 0 Å². The quantitative estimate of drug-likeness (QED) is 0.495. The molecular formula is C9H11BO3. The van der Waals surface area contributed by atoms with Crippen LogP contribution in [0.1, 0.15) is 22.8 Å². The van der Waals surface area contributed by atoms with Crippen LogP contribution in [0.3, 0.4) is 0 Å². The molecule has 0 amide bonds. The summed E-state index contributed by atoms with van der Waals surface area (Å²) in [5, 5.41) is 17.7. The molecule has 0 saturated carbocycles. The molecule has 0 fully saturated rings. The molecule has 0 aliphatic rings. The second-order valence-electron chi connectivity index (χ2n) is 2.80. The molecule has 0 aliphatic heterocycles. The summed E-state index contributed by atoms with van der Waals surface area (Å²) in [6.45, 7) is 1.94. The van der Waals surface area contributed by atoms with Crippen LogP contribution < -0.4 is 5.46 Å². The summed E-state index contributed by atoms with van der Waals surface area (Å²) in [5.74, 6) is 0. The lowest BCUT2D eigenvalue weighted by molar-refractivity contribution is 0.112. The van der Waals surface area contributed by atoms with Crippen molar-refractivity contribution < 1.29 is 14.8 Å². The minimum atomic E-state index is -1.51. The van der Waals surface area contributed by atoms with Crippen LogP contribution in [0.4, 0.5) is 0 Å². The molecule has 2 N–H and O–H groups in total. The molecule has 0 bridgehead atoms. The Hall–Kier alpha value is -1.13. The van der Waals surface area contributed by atoms with E-state index in [2.05, 4.69) is 0 Å². The lowest BCUT2D eigenvalue weighted by Crippen LogP contribution is -2.30. The van der Waals surface area contributed by atoms with Gasteiger partial charge in [0, 0.05) is 5.56 Å². The lowest BCUT2D eigenvalue weighted by atomic mass is 9.79. The zero-order valence-corrected chi connectivity index (χ0v) is 7.40. The molecule has 13 heavy (non-hydrogen) atoms. The molecule has 1 aromatic rings. The van der Waals surface area contributed by atoms with Crippen molar-refractivity contribution in [3.05, 3.63) is 29.3 Å². The first-order valence-corrected chi connectivity index (χ1v) is 4.13. The molecule has 0 heterocycles. The molecule has 0 aromatic heterocycles. The number of benzene rings is 1. The Balaban J connectivity index is 3.13. The average Bonchev–Trinajstić information content (AvgIpc) is 2.16. The maximum absolute atomic E-state index is 10.6. The van der Waals surface area contributed by atoms with Gasteiger partial charge < -0.3 is 10.0 Å². The second kappa shape index (κ2) is 4.21. The first-order chi connectivity index (χ1) is 6.19. The van der Waals surface area contributed by atoms with Gasteiger partial charge in [-0.15, -0.1) is 0 Å². The van der Waals surface area contributed by atoms with Gasteiger partial charge >= 0.3 is 7.12 Å². The van der Waals surface area contributed by atoms with Crippen LogP contribution in [0.2, 0.25) is 0 Å². The number of carbonyl (C=O) groups is 1. The topological polar surface area (TPSA) is 57.5 Å². The zero-order valence-electron chi connectivity index (χ0n) is 7.40. The number of rotatable bonds is 3. The van der Waals surface area contributed by atoms with E-state index in [1.54, 1.807) is 12.1 Å². The van der Waals surface area contributed by atoms with Gasteiger partial charge in [-0.25, -0.2) is 0 Å². The summed E-state index contributed by atoms with van der Waals surface area (Å²) in [5.41, 5.74) is 1.78.